The molecule has 1 heterocycles. The summed E-state index contributed by atoms with van der Waals surface area (Å²) in [6.45, 7) is 1.60. The molecule has 1 atom stereocenters. The van der Waals surface area contributed by atoms with Crippen molar-refractivity contribution in [3.8, 4) is 0 Å². The first-order valence-electron chi connectivity index (χ1n) is 6.02. The summed E-state index contributed by atoms with van der Waals surface area (Å²) in [6.07, 6.45) is 0.872. The number of non-ortho nitro benzene ring substituents is 1. The molecule has 1 fully saturated rings. The van der Waals surface area contributed by atoms with Gasteiger partial charge in [0.05, 0.1) is 10.5 Å². The first-order valence-corrected chi connectivity index (χ1v) is 6.02. The van der Waals surface area contributed by atoms with Gasteiger partial charge in [-0.25, -0.2) is 0 Å². The van der Waals surface area contributed by atoms with Gasteiger partial charge in [0.15, 0.2) is 0 Å². The van der Waals surface area contributed by atoms with Gasteiger partial charge in [0.2, 0.25) is 0 Å². The predicted octanol–water partition coefficient (Wildman–Crippen LogP) is 1.03. The van der Waals surface area contributed by atoms with Crippen LogP contribution in [-0.2, 0) is 0 Å². The summed E-state index contributed by atoms with van der Waals surface area (Å²) < 4.78 is 0. The molecule has 1 aromatic rings. The monoisotopic (exact) mass is 300 g/mol. The van der Waals surface area contributed by atoms with Gasteiger partial charge in [-0.1, -0.05) is 0 Å². The molecule has 0 spiro atoms. The summed E-state index contributed by atoms with van der Waals surface area (Å²) in [5, 5.41) is 13.9. The molecule has 20 heavy (non-hydrogen) atoms. The molecule has 8 heteroatoms. The number of benzene rings is 1. The number of amides is 1. The number of hydrogen-bond donors (Lipinski definition) is 2. The number of likely N-dealkylation sites (N-methyl/N-ethyl adjacent to an activating group) is 1. The third kappa shape index (κ3) is 3.17. The first-order chi connectivity index (χ1) is 9.00. The molecular formula is C12H17ClN4O3. The molecule has 7 nitrogen and oxygen atoms in total. The number of nitro groups is 1. The minimum atomic E-state index is -0.534. The topological polar surface area (TPSA) is 102 Å². The molecule has 3 N–H and O–H groups in total. The molecule has 2 rings (SSSR count). The van der Waals surface area contributed by atoms with Crippen LogP contribution in [0.5, 0.6) is 0 Å². The van der Waals surface area contributed by atoms with E-state index < -0.39 is 4.92 Å². The lowest BCUT2D eigenvalue weighted by Gasteiger charge is -2.24. The molecule has 0 aliphatic carbocycles. The van der Waals surface area contributed by atoms with Crippen molar-refractivity contribution in [1.29, 1.82) is 0 Å². The number of nitrogens with zero attached hydrogens (tertiary/aromatic N) is 2. The Bertz CT molecular complexity index is 517. The van der Waals surface area contributed by atoms with Gasteiger partial charge in [-0.05, 0) is 19.0 Å². The average molecular weight is 301 g/mol. The van der Waals surface area contributed by atoms with Crippen molar-refractivity contribution in [1.82, 2.24) is 10.2 Å². The van der Waals surface area contributed by atoms with E-state index in [2.05, 4.69) is 5.32 Å². The molecule has 0 bridgehead atoms. The highest BCUT2D eigenvalue weighted by molar-refractivity contribution is 5.99. The third-order valence-electron chi connectivity index (χ3n) is 3.38. The second kappa shape index (κ2) is 6.53. The van der Waals surface area contributed by atoms with Crippen molar-refractivity contribution in [2.75, 3.05) is 25.9 Å². The highest BCUT2D eigenvalue weighted by atomic mass is 35.5. The summed E-state index contributed by atoms with van der Waals surface area (Å²) in [4.78, 5) is 24.1. The van der Waals surface area contributed by atoms with E-state index in [9.17, 15) is 14.9 Å². The normalized spacial score (nSPS) is 17.4. The lowest BCUT2D eigenvalue weighted by molar-refractivity contribution is -0.384. The zero-order chi connectivity index (χ0) is 14.0. The average Bonchev–Trinajstić information content (AvgIpc) is 2.91. The number of anilines is 1. The molecule has 0 aromatic heterocycles. The molecule has 110 valence electrons. The van der Waals surface area contributed by atoms with E-state index in [1.54, 1.807) is 11.9 Å². The maximum absolute atomic E-state index is 12.3. The molecule has 1 amide bonds. The number of nitrogens with two attached hydrogens (primary N) is 1. The van der Waals surface area contributed by atoms with Gasteiger partial charge in [0.25, 0.3) is 11.6 Å². The van der Waals surface area contributed by atoms with Crippen LogP contribution in [0.1, 0.15) is 16.8 Å². The summed E-state index contributed by atoms with van der Waals surface area (Å²) in [6, 6.07) is 4.03. The fraction of sp³-hybridized carbons (Fsp3) is 0.417. The first kappa shape index (κ1) is 16.2. The quantitative estimate of drug-likeness (QED) is 0.493. The number of halogens is 1. The molecule has 1 saturated heterocycles. The van der Waals surface area contributed by atoms with E-state index >= 15 is 0 Å². The molecule has 0 radical (unpaired) electrons. The maximum atomic E-state index is 12.3. The van der Waals surface area contributed by atoms with Crippen molar-refractivity contribution in [2.45, 2.75) is 12.5 Å². The Morgan fingerprint density at radius 3 is 2.80 bits per heavy atom. The van der Waals surface area contributed by atoms with E-state index in [4.69, 9.17) is 5.73 Å². The zero-order valence-corrected chi connectivity index (χ0v) is 11.9. The van der Waals surface area contributed by atoms with Crippen LogP contribution in [-0.4, -0.2) is 41.9 Å². The second-order valence-corrected chi connectivity index (χ2v) is 4.59. The van der Waals surface area contributed by atoms with Crippen LogP contribution < -0.4 is 11.1 Å². The van der Waals surface area contributed by atoms with Gasteiger partial charge < -0.3 is 16.0 Å². The Balaban J connectivity index is 0.00000200. The van der Waals surface area contributed by atoms with Crippen molar-refractivity contribution in [2.24, 2.45) is 0 Å². The SMILES string of the molecule is CN(C(=O)c1cc([N+](=O)[O-])ccc1N)C1CCNC1.Cl. The Kier molecular flexibility index (Phi) is 5.29. The van der Waals surface area contributed by atoms with Gasteiger partial charge in [-0.15, -0.1) is 12.4 Å². The van der Waals surface area contributed by atoms with Crippen molar-refractivity contribution < 1.29 is 9.72 Å². The minimum absolute atomic E-state index is 0. The fourth-order valence-corrected chi connectivity index (χ4v) is 2.17. The second-order valence-electron chi connectivity index (χ2n) is 4.59. The van der Waals surface area contributed by atoms with Gasteiger partial charge in [-0.3, -0.25) is 14.9 Å². The molecule has 1 aliphatic heterocycles. The van der Waals surface area contributed by atoms with Gasteiger partial charge >= 0.3 is 0 Å². The number of carbonyl (C=O) groups is 1. The van der Waals surface area contributed by atoms with E-state index in [-0.39, 0.29) is 41.3 Å². The number of nitrogens with one attached hydrogen (secondary N) is 1. The highest BCUT2D eigenvalue weighted by Crippen LogP contribution is 2.22. The van der Waals surface area contributed by atoms with Crippen molar-refractivity contribution in [3.05, 3.63) is 33.9 Å². The van der Waals surface area contributed by atoms with Crippen LogP contribution in [0.3, 0.4) is 0 Å². The smallest absolute Gasteiger partial charge is 0.270 e. The molecule has 1 unspecified atom stereocenters. The third-order valence-corrected chi connectivity index (χ3v) is 3.38. The van der Waals surface area contributed by atoms with E-state index in [1.165, 1.54) is 18.2 Å². The summed E-state index contributed by atoms with van der Waals surface area (Å²) in [5.74, 6) is -0.282. The lowest BCUT2D eigenvalue weighted by atomic mass is 10.1. The summed E-state index contributed by atoms with van der Waals surface area (Å²) in [7, 11) is 1.69. The largest absolute Gasteiger partial charge is 0.398 e. The minimum Gasteiger partial charge on any atom is -0.398 e. The summed E-state index contributed by atoms with van der Waals surface area (Å²) in [5.41, 5.74) is 6.05. The van der Waals surface area contributed by atoms with Gasteiger partial charge in [-0.2, -0.15) is 0 Å². The number of hydrogen-bond acceptors (Lipinski definition) is 5. The number of nitro benzene ring substituents is 1. The number of nitrogen functional groups attached to an aromatic ring is 1. The van der Waals surface area contributed by atoms with E-state index in [1.807, 2.05) is 0 Å². The van der Waals surface area contributed by atoms with Crippen LogP contribution in [0.4, 0.5) is 11.4 Å². The van der Waals surface area contributed by atoms with E-state index in [0.717, 1.165) is 19.5 Å². The van der Waals surface area contributed by atoms with Crippen molar-refractivity contribution >= 4 is 29.7 Å². The molecule has 1 aromatic carbocycles. The Labute approximate surface area is 122 Å². The van der Waals surface area contributed by atoms with Crippen LogP contribution in [0.2, 0.25) is 0 Å². The van der Waals surface area contributed by atoms with Crippen LogP contribution >= 0.6 is 12.4 Å². The molecular weight excluding hydrogens is 284 g/mol. The zero-order valence-electron chi connectivity index (χ0n) is 11.0. The lowest BCUT2D eigenvalue weighted by Crippen LogP contribution is -2.38. The molecule has 1 aliphatic rings. The Hall–Kier alpha value is -1.86. The van der Waals surface area contributed by atoms with Gasteiger partial charge in [0.1, 0.15) is 0 Å². The molecule has 0 saturated carbocycles. The van der Waals surface area contributed by atoms with Crippen molar-refractivity contribution in [3.63, 3.8) is 0 Å². The predicted molar refractivity (Wildman–Crippen MR) is 78.1 cm³/mol. The number of carbonyl (C=O) groups excluding carboxylic acids is 1. The summed E-state index contributed by atoms with van der Waals surface area (Å²) >= 11 is 0. The fourth-order valence-electron chi connectivity index (χ4n) is 2.17. The van der Waals surface area contributed by atoms with Crippen LogP contribution in [0.15, 0.2) is 18.2 Å². The van der Waals surface area contributed by atoms with E-state index in [0.29, 0.717) is 0 Å². The standard InChI is InChI=1S/C12H16N4O3.ClH/c1-15(9-4-5-14-7-9)12(17)10-6-8(16(18)19)2-3-11(10)13;/h2-3,6,9,14H,4-5,7,13H2,1H3;1H. The van der Waals surface area contributed by atoms with Crippen LogP contribution in [0, 0.1) is 10.1 Å². The Morgan fingerprint density at radius 2 is 2.25 bits per heavy atom. The van der Waals surface area contributed by atoms with Crippen LogP contribution in [0.25, 0.3) is 0 Å². The maximum Gasteiger partial charge on any atom is 0.270 e. The van der Waals surface area contributed by atoms with Gasteiger partial charge in [0, 0.05) is 37.5 Å². The highest BCUT2D eigenvalue weighted by Gasteiger charge is 2.26. The Morgan fingerprint density at radius 1 is 1.55 bits per heavy atom. The number of rotatable bonds is 3.